The molecule has 6 heteroatoms. The summed E-state index contributed by atoms with van der Waals surface area (Å²) < 4.78 is 18.9. The van der Waals surface area contributed by atoms with Gasteiger partial charge in [0.2, 0.25) is 0 Å². The van der Waals surface area contributed by atoms with Gasteiger partial charge >= 0.3 is 5.97 Å². The molecule has 0 spiro atoms. The van der Waals surface area contributed by atoms with Crippen LogP contribution in [-0.4, -0.2) is 12.6 Å². The van der Waals surface area contributed by atoms with Crippen molar-refractivity contribution in [1.29, 1.82) is 0 Å². The second-order valence-electron chi connectivity index (χ2n) is 4.28. The highest BCUT2D eigenvalue weighted by molar-refractivity contribution is 9.10. The van der Waals surface area contributed by atoms with Crippen LogP contribution in [0.15, 0.2) is 40.9 Å². The molecule has 4 nitrogen and oxygen atoms in total. The highest BCUT2D eigenvalue weighted by atomic mass is 79.9. The predicted molar refractivity (Wildman–Crippen MR) is 84.2 cm³/mol. The van der Waals surface area contributed by atoms with E-state index in [1.807, 2.05) is 0 Å². The Bertz CT molecular complexity index is 677. The lowest BCUT2D eigenvalue weighted by Crippen LogP contribution is -2.08. The summed E-state index contributed by atoms with van der Waals surface area (Å²) in [5.41, 5.74) is 7.48. The van der Waals surface area contributed by atoms with Crippen molar-refractivity contribution in [1.82, 2.24) is 0 Å². The van der Waals surface area contributed by atoms with Crippen molar-refractivity contribution < 1.29 is 13.9 Å². The van der Waals surface area contributed by atoms with Gasteiger partial charge < -0.3 is 15.8 Å². The summed E-state index contributed by atoms with van der Waals surface area (Å²) in [6, 6.07) is 9.43. The third-order valence-electron chi connectivity index (χ3n) is 2.74. The van der Waals surface area contributed by atoms with Gasteiger partial charge in [-0.1, -0.05) is 0 Å². The quantitative estimate of drug-likeness (QED) is 0.642. The van der Waals surface area contributed by atoms with Crippen LogP contribution in [0.25, 0.3) is 0 Å². The van der Waals surface area contributed by atoms with Crippen LogP contribution in [0, 0.1) is 5.82 Å². The number of rotatable bonds is 4. The summed E-state index contributed by atoms with van der Waals surface area (Å²) in [7, 11) is 0. The van der Waals surface area contributed by atoms with Crippen LogP contribution in [0.5, 0.6) is 0 Å². The topological polar surface area (TPSA) is 64.3 Å². The van der Waals surface area contributed by atoms with E-state index in [2.05, 4.69) is 21.2 Å². The number of hydrogen-bond donors (Lipinski definition) is 2. The minimum Gasteiger partial charge on any atom is -0.462 e. The number of carbonyl (C=O) groups excluding carboxylic acids is 1. The first kappa shape index (κ1) is 15.3. The molecule has 3 N–H and O–H groups in total. The largest absolute Gasteiger partial charge is 0.462 e. The summed E-state index contributed by atoms with van der Waals surface area (Å²) in [5, 5.41) is 2.99. The smallest absolute Gasteiger partial charge is 0.340 e. The Hall–Kier alpha value is -2.08. The lowest BCUT2D eigenvalue weighted by molar-refractivity contribution is 0.0527. The van der Waals surface area contributed by atoms with Gasteiger partial charge in [-0.05, 0) is 59.3 Å². The number of hydrogen-bond acceptors (Lipinski definition) is 4. The Morgan fingerprint density at radius 3 is 2.76 bits per heavy atom. The number of nitrogens with two attached hydrogens (primary N) is 1. The normalized spacial score (nSPS) is 10.2. The Labute approximate surface area is 130 Å². The van der Waals surface area contributed by atoms with Crippen LogP contribution in [0.2, 0.25) is 0 Å². The van der Waals surface area contributed by atoms with Gasteiger partial charge in [-0.15, -0.1) is 0 Å². The second-order valence-corrected chi connectivity index (χ2v) is 5.13. The van der Waals surface area contributed by atoms with Gasteiger partial charge in [-0.3, -0.25) is 0 Å². The average molecular weight is 353 g/mol. The molecule has 2 rings (SSSR count). The van der Waals surface area contributed by atoms with E-state index in [0.29, 0.717) is 27.1 Å². The fourth-order valence-electron chi connectivity index (χ4n) is 1.78. The van der Waals surface area contributed by atoms with Crippen molar-refractivity contribution in [2.45, 2.75) is 6.92 Å². The number of esters is 1. The van der Waals surface area contributed by atoms with Crippen LogP contribution in [-0.2, 0) is 4.74 Å². The van der Waals surface area contributed by atoms with Crippen molar-refractivity contribution >= 4 is 39.0 Å². The second kappa shape index (κ2) is 6.58. The molecule has 0 aliphatic heterocycles. The van der Waals surface area contributed by atoms with E-state index in [-0.39, 0.29) is 6.61 Å². The third kappa shape index (κ3) is 3.72. The van der Waals surface area contributed by atoms with Crippen molar-refractivity contribution in [3.05, 3.63) is 52.3 Å². The fraction of sp³-hybridized carbons (Fsp3) is 0.133. The summed E-state index contributed by atoms with van der Waals surface area (Å²) in [6.45, 7) is 1.99. The summed E-state index contributed by atoms with van der Waals surface area (Å²) >= 11 is 3.09. The monoisotopic (exact) mass is 352 g/mol. The van der Waals surface area contributed by atoms with Crippen molar-refractivity contribution in [3.63, 3.8) is 0 Å². The van der Waals surface area contributed by atoms with Crippen molar-refractivity contribution in [3.8, 4) is 0 Å². The van der Waals surface area contributed by atoms with E-state index in [1.54, 1.807) is 31.2 Å². The number of halogens is 2. The molecular weight excluding hydrogens is 339 g/mol. The van der Waals surface area contributed by atoms with E-state index < -0.39 is 11.8 Å². The number of ether oxygens (including phenoxy) is 1. The number of nitrogens with one attached hydrogen (secondary N) is 1. The number of anilines is 3. The zero-order valence-corrected chi connectivity index (χ0v) is 12.9. The first-order valence-electron chi connectivity index (χ1n) is 6.30. The van der Waals surface area contributed by atoms with Gasteiger partial charge in [0.05, 0.1) is 22.3 Å². The van der Waals surface area contributed by atoms with Gasteiger partial charge in [0.1, 0.15) is 5.82 Å². The molecule has 2 aromatic rings. The van der Waals surface area contributed by atoms with Gasteiger partial charge in [-0.2, -0.15) is 0 Å². The van der Waals surface area contributed by atoms with Gasteiger partial charge in [0, 0.05) is 11.4 Å². The van der Waals surface area contributed by atoms with Crippen LogP contribution < -0.4 is 11.1 Å². The molecule has 0 amide bonds. The molecule has 0 fully saturated rings. The summed E-state index contributed by atoms with van der Waals surface area (Å²) in [4.78, 5) is 11.9. The standard InChI is InChI=1S/C15H14BrFN2O2/c1-2-21-15(20)11-7-9(18)3-6-14(11)19-10-4-5-12(16)13(17)8-10/h3-8,19H,2,18H2,1H3. The lowest BCUT2D eigenvalue weighted by Gasteiger charge is -2.12. The molecule has 0 atom stereocenters. The molecule has 2 aromatic carbocycles. The highest BCUT2D eigenvalue weighted by Crippen LogP contribution is 2.26. The Morgan fingerprint density at radius 1 is 1.33 bits per heavy atom. The van der Waals surface area contributed by atoms with E-state index in [4.69, 9.17) is 10.5 Å². The third-order valence-corrected chi connectivity index (χ3v) is 3.38. The molecule has 0 aliphatic rings. The summed E-state index contributed by atoms with van der Waals surface area (Å²) in [6.07, 6.45) is 0. The van der Waals surface area contributed by atoms with E-state index in [0.717, 1.165) is 0 Å². The van der Waals surface area contributed by atoms with E-state index in [9.17, 15) is 9.18 Å². The van der Waals surface area contributed by atoms with E-state index >= 15 is 0 Å². The molecule has 0 saturated carbocycles. The molecular formula is C15H14BrFN2O2. The zero-order valence-electron chi connectivity index (χ0n) is 11.3. The molecule has 0 bridgehead atoms. The van der Waals surface area contributed by atoms with Gasteiger partial charge in [0.15, 0.2) is 0 Å². The molecule has 0 radical (unpaired) electrons. The van der Waals surface area contributed by atoms with Crippen LogP contribution in [0.1, 0.15) is 17.3 Å². The molecule has 0 aliphatic carbocycles. The first-order valence-corrected chi connectivity index (χ1v) is 7.09. The van der Waals surface area contributed by atoms with Gasteiger partial charge in [-0.25, -0.2) is 9.18 Å². The number of benzene rings is 2. The van der Waals surface area contributed by atoms with Crippen molar-refractivity contribution in [2.75, 3.05) is 17.7 Å². The van der Waals surface area contributed by atoms with Crippen LogP contribution >= 0.6 is 15.9 Å². The molecule has 0 unspecified atom stereocenters. The van der Waals surface area contributed by atoms with Crippen molar-refractivity contribution in [2.24, 2.45) is 0 Å². The maximum absolute atomic E-state index is 13.5. The Morgan fingerprint density at radius 2 is 2.10 bits per heavy atom. The first-order chi connectivity index (χ1) is 10.0. The SMILES string of the molecule is CCOC(=O)c1cc(N)ccc1Nc1ccc(Br)c(F)c1. The molecule has 110 valence electrons. The molecule has 0 heterocycles. The zero-order chi connectivity index (χ0) is 15.4. The Balaban J connectivity index is 2.34. The number of carbonyl (C=O) groups is 1. The summed E-state index contributed by atoms with van der Waals surface area (Å²) in [5.74, 6) is -0.877. The minimum absolute atomic E-state index is 0.264. The van der Waals surface area contributed by atoms with Crippen LogP contribution in [0.4, 0.5) is 21.5 Å². The molecule has 0 saturated heterocycles. The fourth-order valence-corrected chi connectivity index (χ4v) is 2.02. The predicted octanol–water partition coefficient (Wildman–Crippen LogP) is 4.09. The Kier molecular flexibility index (Phi) is 4.80. The number of nitrogen functional groups attached to an aromatic ring is 1. The molecule has 0 aromatic heterocycles. The highest BCUT2D eigenvalue weighted by Gasteiger charge is 2.13. The molecule has 21 heavy (non-hydrogen) atoms. The van der Waals surface area contributed by atoms with Crippen LogP contribution in [0.3, 0.4) is 0 Å². The lowest BCUT2D eigenvalue weighted by atomic mass is 10.1. The minimum atomic E-state index is -0.482. The van der Waals surface area contributed by atoms with E-state index in [1.165, 1.54) is 12.1 Å². The average Bonchev–Trinajstić information content (AvgIpc) is 2.45. The maximum atomic E-state index is 13.5. The maximum Gasteiger partial charge on any atom is 0.340 e. The van der Waals surface area contributed by atoms with Gasteiger partial charge in [0.25, 0.3) is 0 Å².